The van der Waals surface area contributed by atoms with Gasteiger partial charge in [-0.15, -0.1) is 11.3 Å². The van der Waals surface area contributed by atoms with Crippen LogP contribution in [0.25, 0.3) is 0 Å². The van der Waals surface area contributed by atoms with Crippen molar-refractivity contribution >= 4 is 34.8 Å². The number of hydrogen-bond acceptors (Lipinski definition) is 4. The van der Waals surface area contributed by atoms with Crippen molar-refractivity contribution in [1.82, 2.24) is 10.6 Å². The minimum Gasteiger partial charge on any atom is -0.472 e. The summed E-state index contributed by atoms with van der Waals surface area (Å²) in [4.78, 5) is 25.2. The molecule has 0 bridgehead atoms. The van der Waals surface area contributed by atoms with Gasteiger partial charge in [0.15, 0.2) is 0 Å². The topological polar surface area (TPSA) is 71.3 Å². The van der Waals surface area contributed by atoms with Crippen LogP contribution in [0.3, 0.4) is 0 Å². The molecule has 2 amide bonds. The van der Waals surface area contributed by atoms with Crippen LogP contribution in [0.15, 0.2) is 64.8 Å². The molecule has 2 aromatic heterocycles. The highest BCUT2D eigenvalue weighted by Crippen LogP contribution is 2.26. The maximum Gasteiger partial charge on any atom is 0.254 e. The molecule has 0 spiro atoms. The fraction of sp³-hybridized carbons (Fsp3) is 0.111. The molecule has 0 aliphatic rings. The molecule has 2 heterocycles. The first kappa shape index (κ1) is 17.3. The Bertz CT molecular complexity index is 830. The first-order chi connectivity index (χ1) is 12.1. The third kappa shape index (κ3) is 4.49. The molecule has 0 unspecified atom stereocenters. The van der Waals surface area contributed by atoms with Crippen LogP contribution in [0.5, 0.6) is 0 Å². The second-order valence-electron chi connectivity index (χ2n) is 5.26. The van der Waals surface area contributed by atoms with Crippen LogP contribution in [-0.2, 0) is 4.79 Å². The van der Waals surface area contributed by atoms with Crippen molar-refractivity contribution in [2.45, 2.75) is 6.04 Å². The van der Waals surface area contributed by atoms with Crippen molar-refractivity contribution in [3.05, 3.63) is 81.4 Å². The summed E-state index contributed by atoms with van der Waals surface area (Å²) in [5.74, 6) is -0.645. The molecule has 3 aromatic rings. The monoisotopic (exact) mass is 374 g/mol. The lowest BCUT2D eigenvalue weighted by Gasteiger charge is -2.18. The Morgan fingerprint density at radius 1 is 1.16 bits per heavy atom. The SMILES string of the molecule is O=C(CNC(=O)c1ccoc1)N[C@H](c1ccc(Cl)cc1)c1cccs1. The smallest absolute Gasteiger partial charge is 0.254 e. The molecule has 2 N–H and O–H groups in total. The van der Waals surface area contributed by atoms with Crippen LogP contribution in [0.1, 0.15) is 26.8 Å². The average molecular weight is 375 g/mol. The van der Waals surface area contributed by atoms with Gasteiger partial charge in [-0.25, -0.2) is 0 Å². The van der Waals surface area contributed by atoms with Gasteiger partial charge in [-0.05, 0) is 35.2 Å². The van der Waals surface area contributed by atoms with Gasteiger partial charge >= 0.3 is 0 Å². The molecule has 3 rings (SSSR count). The molecule has 7 heteroatoms. The van der Waals surface area contributed by atoms with Gasteiger partial charge in [0.25, 0.3) is 5.91 Å². The van der Waals surface area contributed by atoms with E-state index in [-0.39, 0.29) is 24.4 Å². The predicted molar refractivity (Wildman–Crippen MR) is 96.8 cm³/mol. The maximum absolute atomic E-state index is 12.3. The standard InChI is InChI=1S/C18H15ClN2O3S/c19-14-5-3-12(4-6-14)17(15-2-1-9-25-15)21-16(22)10-20-18(23)13-7-8-24-11-13/h1-9,11,17H,10H2,(H,20,23)(H,21,22)/t17-/m1/s1. The van der Waals surface area contributed by atoms with Crippen molar-refractivity contribution < 1.29 is 14.0 Å². The zero-order chi connectivity index (χ0) is 17.6. The Morgan fingerprint density at radius 2 is 1.96 bits per heavy atom. The van der Waals surface area contributed by atoms with Crippen LogP contribution in [0.4, 0.5) is 0 Å². The molecular weight excluding hydrogens is 360 g/mol. The molecular formula is C18H15ClN2O3S. The number of thiophene rings is 1. The van der Waals surface area contributed by atoms with Crippen LogP contribution in [-0.4, -0.2) is 18.4 Å². The summed E-state index contributed by atoms with van der Waals surface area (Å²) < 4.78 is 4.85. The zero-order valence-electron chi connectivity index (χ0n) is 13.1. The number of rotatable bonds is 6. The van der Waals surface area contributed by atoms with E-state index in [4.69, 9.17) is 16.0 Å². The number of carbonyl (C=O) groups is 2. The van der Waals surface area contributed by atoms with E-state index in [9.17, 15) is 9.59 Å². The van der Waals surface area contributed by atoms with Gasteiger partial charge in [0.1, 0.15) is 6.26 Å². The van der Waals surface area contributed by atoms with Crippen molar-refractivity contribution in [3.8, 4) is 0 Å². The third-order valence-corrected chi connectivity index (χ3v) is 4.72. The van der Waals surface area contributed by atoms with E-state index < -0.39 is 0 Å². The molecule has 1 aromatic carbocycles. The summed E-state index contributed by atoms with van der Waals surface area (Å²) in [7, 11) is 0. The lowest BCUT2D eigenvalue weighted by atomic mass is 10.1. The van der Waals surface area contributed by atoms with E-state index in [1.165, 1.54) is 18.6 Å². The van der Waals surface area contributed by atoms with E-state index in [0.717, 1.165) is 10.4 Å². The van der Waals surface area contributed by atoms with E-state index >= 15 is 0 Å². The fourth-order valence-corrected chi connectivity index (χ4v) is 3.23. The largest absolute Gasteiger partial charge is 0.472 e. The Hall–Kier alpha value is -2.57. The van der Waals surface area contributed by atoms with Gasteiger partial charge in [0, 0.05) is 9.90 Å². The summed E-state index contributed by atoms with van der Waals surface area (Å²) in [5.41, 5.74) is 1.29. The van der Waals surface area contributed by atoms with Crippen LogP contribution in [0, 0.1) is 0 Å². The van der Waals surface area contributed by atoms with Gasteiger partial charge < -0.3 is 15.1 Å². The second-order valence-corrected chi connectivity index (χ2v) is 6.68. The van der Waals surface area contributed by atoms with Crippen molar-refractivity contribution in [2.75, 3.05) is 6.54 Å². The maximum atomic E-state index is 12.3. The lowest BCUT2D eigenvalue weighted by molar-refractivity contribution is -0.120. The average Bonchev–Trinajstić information content (AvgIpc) is 3.31. The number of furan rings is 1. The number of hydrogen-bond donors (Lipinski definition) is 2. The van der Waals surface area contributed by atoms with Gasteiger partial charge in [-0.1, -0.05) is 29.8 Å². The first-order valence-electron chi connectivity index (χ1n) is 7.52. The quantitative estimate of drug-likeness (QED) is 0.692. The molecule has 5 nitrogen and oxygen atoms in total. The summed E-state index contributed by atoms with van der Waals surface area (Å²) in [6.07, 6.45) is 2.73. The highest BCUT2D eigenvalue weighted by Gasteiger charge is 2.18. The van der Waals surface area contributed by atoms with E-state index in [2.05, 4.69) is 10.6 Å². The van der Waals surface area contributed by atoms with E-state index in [1.54, 1.807) is 23.5 Å². The Morgan fingerprint density at radius 3 is 2.60 bits per heavy atom. The third-order valence-electron chi connectivity index (χ3n) is 3.53. The summed E-state index contributed by atoms with van der Waals surface area (Å²) >= 11 is 7.49. The second kappa shape index (κ2) is 8.00. The molecule has 0 aliphatic carbocycles. The normalized spacial score (nSPS) is 11.7. The summed E-state index contributed by atoms with van der Waals surface area (Å²) in [5, 5.41) is 8.09. The zero-order valence-corrected chi connectivity index (χ0v) is 14.6. The van der Waals surface area contributed by atoms with Crippen molar-refractivity contribution in [1.29, 1.82) is 0 Å². The Labute approximate surface area is 153 Å². The highest BCUT2D eigenvalue weighted by molar-refractivity contribution is 7.10. The first-order valence-corrected chi connectivity index (χ1v) is 8.78. The lowest BCUT2D eigenvalue weighted by Crippen LogP contribution is -2.38. The van der Waals surface area contributed by atoms with Crippen molar-refractivity contribution in [2.24, 2.45) is 0 Å². The molecule has 25 heavy (non-hydrogen) atoms. The number of amides is 2. The van der Waals surface area contributed by atoms with Crippen LogP contribution in [0.2, 0.25) is 5.02 Å². The van der Waals surface area contributed by atoms with Crippen LogP contribution >= 0.6 is 22.9 Å². The van der Waals surface area contributed by atoms with E-state index in [1.807, 2.05) is 29.6 Å². The summed E-state index contributed by atoms with van der Waals surface area (Å²) in [6.45, 7) is -0.126. The highest BCUT2D eigenvalue weighted by atomic mass is 35.5. The van der Waals surface area contributed by atoms with Gasteiger partial charge in [-0.3, -0.25) is 9.59 Å². The van der Waals surface area contributed by atoms with Crippen molar-refractivity contribution in [3.63, 3.8) is 0 Å². The number of nitrogens with one attached hydrogen (secondary N) is 2. The van der Waals surface area contributed by atoms with Crippen LogP contribution < -0.4 is 10.6 Å². The van der Waals surface area contributed by atoms with E-state index in [0.29, 0.717) is 10.6 Å². The fourth-order valence-electron chi connectivity index (χ4n) is 2.30. The Kier molecular flexibility index (Phi) is 5.53. The minimum absolute atomic E-state index is 0.126. The van der Waals surface area contributed by atoms with Gasteiger partial charge in [-0.2, -0.15) is 0 Å². The predicted octanol–water partition coefficient (Wildman–Crippen LogP) is 3.63. The van der Waals surface area contributed by atoms with Gasteiger partial charge in [0.2, 0.25) is 5.91 Å². The number of benzene rings is 1. The number of halogens is 1. The molecule has 0 fully saturated rings. The number of carbonyl (C=O) groups excluding carboxylic acids is 2. The molecule has 0 saturated carbocycles. The van der Waals surface area contributed by atoms with Gasteiger partial charge in [0.05, 0.1) is 24.4 Å². The molecule has 0 saturated heterocycles. The molecule has 0 aliphatic heterocycles. The molecule has 1 atom stereocenters. The summed E-state index contributed by atoms with van der Waals surface area (Å²) in [6, 6.07) is 12.4. The molecule has 0 radical (unpaired) electrons. The molecule has 128 valence electrons. The minimum atomic E-state index is -0.358. The Balaban J connectivity index is 1.67.